The fourth-order valence-corrected chi connectivity index (χ4v) is 3.14. The molecule has 20 heavy (non-hydrogen) atoms. The Balaban J connectivity index is 2.07. The van der Waals surface area contributed by atoms with Gasteiger partial charge in [0.2, 0.25) is 5.91 Å². The summed E-state index contributed by atoms with van der Waals surface area (Å²) < 4.78 is 0. The van der Waals surface area contributed by atoms with Crippen molar-refractivity contribution in [2.75, 3.05) is 11.6 Å². The third-order valence-corrected chi connectivity index (χ3v) is 4.48. The highest BCUT2D eigenvalue weighted by molar-refractivity contribution is 7.98. The van der Waals surface area contributed by atoms with Crippen molar-refractivity contribution in [3.05, 3.63) is 24.3 Å². The maximum atomic E-state index is 12.3. The van der Waals surface area contributed by atoms with Crippen molar-refractivity contribution >= 4 is 29.3 Å². The molecule has 0 bridgehead atoms. The van der Waals surface area contributed by atoms with Gasteiger partial charge in [0.1, 0.15) is 0 Å². The molecule has 5 heteroatoms. The second-order valence-electron chi connectivity index (χ2n) is 5.06. The number of anilines is 1. The normalized spacial score (nSPS) is 22.2. The molecule has 1 aliphatic carbocycles. The van der Waals surface area contributed by atoms with Crippen molar-refractivity contribution in [1.82, 2.24) is 0 Å². The number of hydrogen-bond donors (Lipinski definition) is 2. The van der Waals surface area contributed by atoms with Gasteiger partial charge in [0, 0.05) is 10.6 Å². The van der Waals surface area contributed by atoms with Crippen LogP contribution in [-0.4, -0.2) is 23.2 Å². The molecule has 0 aromatic heterocycles. The smallest absolute Gasteiger partial charge is 0.307 e. The molecule has 1 aliphatic rings. The fraction of sp³-hybridized carbons (Fsp3) is 0.467. The lowest BCUT2D eigenvalue weighted by molar-refractivity contribution is -0.147. The number of rotatable bonds is 4. The molecular weight excluding hydrogens is 274 g/mol. The first kappa shape index (κ1) is 14.9. The number of carboxylic acids is 1. The van der Waals surface area contributed by atoms with E-state index in [1.165, 1.54) is 0 Å². The van der Waals surface area contributed by atoms with Gasteiger partial charge in [-0.05, 0) is 37.3 Å². The van der Waals surface area contributed by atoms with Crippen LogP contribution >= 0.6 is 11.8 Å². The third-order valence-electron chi connectivity index (χ3n) is 3.76. The summed E-state index contributed by atoms with van der Waals surface area (Å²) in [5, 5.41) is 12.1. The number of amides is 1. The first-order valence-electron chi connectivity index (χ1n) is 6.79. The summed E-state index contributed by atoms with van der Waals surface area (Å²) >= 11 is 1.61. The molecule has 0 heterocycles. The quantitative estimate of drug-likeness (QED) is 0.836. The molecule has 1 aromatic carbocycles. The number of nitrogens with one attached hydrogen (secondary N) is 1. The van der Waals surface area contributed by atoms with E-state index >= 15 is 0 Å². The van der Waals surface area contributed by atoms with Crippen LogP contribution in [0.5, 0.6) is 0 Å². The minimum absolute atomic E-state index is 0.171. The molecule has 108 valence electrons. The lowest BCUT2D eigenvalue weighted by atomic mass is 9.78. The zero-order valence-corrected chi connectivity index (χ0v) is 12.3. The van der Waals surface area contributed by atoms with Crippen LogP contribution in [0.1, 0.15) is 25.7 Å². The standard InChI is InChI=1S/C15H19NO3S/c1-20-11-6-4-5-10(9-11)16-14(17)12-7-2-3-8-13(12)15(18)19/h4-6,9,12-13H,2-3,7-8H2,1H3,(H,16,17)(H,18,19)/t12-,13+/m1/s1. The van der Waals surface area contributed by atoms with Crippen LogP contribution in [-0.2, 0) is 9.59 Å². The van der Waals surface area contributed by atoms with E-state index in [0.717, 1.165) is 23.4 Å². The first-order chi connectivity index (χ1) is 9.61. The Morgan fingerprint density at radius 2 is 1.95 bits per heavy atom. The number of thioether (sulfide) groups is 1. The van der Waals surface area contributed by atoms with Crippen LogP contribution in [0.15, 0.2) is 29.2 Å². The van der Waals surface area contributed by atoms with Crippen molar-refractivity contribution < 1.29 is 14.7 Å². The van der Waals surface area contributed by atoms with Gasteiger partial charge >= 0.3 is 5.97 Å². The molecule has 2 atom stereocenters. The number of carboxylic acid groups (broad SMARTS) is 1. The first-order valence-corrected chi connectivity index (χ1v) is 8.02. The molecular formula is C15H19NO3S. The number of hydrogen-bond acceptors (Lipinski definition) is 3. The van der Waals surface area contributed by atoms with Crippen LogP contribution in [0.4, 0.5) is 5.69 Å². The van der Waals surface area contributed by atoms with Crippen LogP contribution in [0.2, 0.25) is 0 Å². The fourth-order valence-electron chi connectivity index (χ4n) is 2.68. The molecule has 0 saturated heterocycles. The largest absolute Gasteiger partial charge is 0.481 e. The van der Waals surface area contributed by atoms with E-state index < -0.39 is 17.8 Å². The zero-order chi connectivity index (χ0) is 14.5. The topological polar surface area (TPSA) is 66.4 Å². The number of aliphatic carboxylic acids is 1. The van der Waals surface area contributed by atoms with Crippen molar-refractivity contribution in [3.63, 3.8) is 0 Å². The van der Waals surface area contributed by atoms with Crippen molar-refractivity contribution in [2.24, 2.45) is 11.8 Å². The van der Waals surface area contributed by atoms with Gasteiger partial charge in [-0.2, -0.15) is 0 Å². The van der Waals surface area contributed by atoms with E-state index in [9.17, 15) is 14.7 Å². The molecule has 2 rings (SSSR count). The van der Waals surface area contributed by atoms with E-state index in [1.807, 2.05) is 30.5 Å². The van der Waals surface area contributed by atoms with Gasteiger partial charge in [0.25, 0.3) is 0 Å². The second-order valence-corrected chi connectivity index (χ2v) is 5.94. The Hall–Kier alpha value is -1.49. The predicted molar refractivity (Wildman–Crippen MR) is 79.9 cm³/mol. The van der Waals surface area contributed by atoms with E-state index in [0.29, 0.717) is 12.8 Å². The maximum absolute atomic E-state index is 12.3. The van der Waals surface area contributed by atoms with Gasteiger partial charge in [-0.15, -0.1) is 11.8 Å². The van der Waals surface area contributed by atoms with Crippen LogP contribution < -0.4 is 5.32 Å². The molecule has 1 aromatic rings. The second kappa shape index (κ2) is 6.79. The lowest BCUT2D eigenvalue weighted by Crippen LogP contribution is -2.36. The number of carbonyl (C=O) groups is 2. The average molecular weight is 293 g/mol. The highest BCUT2D eigenvalue weighted by Crippen LogP contribution is 2.31. The van der Waals surface area contributed by atoms with Gasteiger partial charge in [-0.1, -0.05) is 18.9 Å². The highest BCUT2D eigenvalue weighted by Gasteiger charge is 2.35. The molecule has 0 radical (unpaired) electrons. The van der Waals surface area contributed by atoms with E-state index in [4.69, 9.17) is 0 Å². The Morgan fingerprint density at radius 3 is 2.60 bits per heavy atom. The summed E-state index contributed by atoms with van der Waals surface area (Å²) in [6, 6.07) is 7.59. The minimum atomic E-state index is -0.859. The molecule has 0 aliphatic heterocycles. The molecule has 1 fully saturated rings. The van der Waals surface area contributed by atoms with Crippen LogP contribution in [0, 0.1) is 11.8 Å². The summed E-state index contributed by atoms with van der Waals surface area (Å²) in [6.07, 6.45) is 5.04. The van der Waals surface area contributed by atoms with Gasteiger partial charge in [0.15, 0.2) is 0 Å². The number of benzene rings is 1. The maximum Gasteiger partial charge on any atom is 0.307 e. The summed E-state index contributed by atoms with van der Waals surface area (Å²) in [5.41, 5.74) is 0.733. The van der Waals surface area contributed by atoms with E-state index in [2.05, 4.69) is 5.32 Å². The van der Waals surface area contributed by atoms with Crippen LogP contribution in [0.3, 0.4) is 0 Å². The van der Waals surface area contributed by atoms with Gasteiger partial charge in [0.05, 0.1) is 11.8 Å². The molecule has 0 unspecified atom stereocenters. The van der Waals surface area contributed by atoms with Crippen LogP contribution in [0.25, 0.3) is 0 Å². The summed E-state index contributed by atoms with van der Waals surface area (Å²) in [7, 11) is 0. The SMILES string of the molecule is CSc1cccc(NC(=O)[C@@H]2CCCC[C@@H]2C(=O)O)c1. The van der Waals surface area contributed by atoms with Gasteiger partial charge < -0.3 is 10.4 Å². The van der Waals surface area contributed by atoms with E-state index in [-0.39, 0.29) is 5.91 Å². The molecule has 1 amide bonds. The Bertz CT molecular complexity index is 504. The van der Waals surface area contributed by atoms with Crippen molar-refractivity contribution in [2.45, 2.75) is 30.6 Å². The molecule has 2 N–H and O–H groups in total. The van der Waals surface area contributed by atoms with E-state index in [1.54, 1.807) is 11.8 Å². The molecule has 1 saturated carbocycles. The van der Waals surface area contributed by atoms with Gasteiger partial charge in [-0.3, -0.25) is 9.59 Å². The van der Waals surface area contributed by atoms with Gasteiger partial charge in [-0.25, -0.2) is 0 Å². The predicted octanol–water partition coefficient (Wildman–Crippen LogP) is 3.24. The summed E-state index contributed by atoms with van der Waals surface area (Å²) in [5.74, 6) is -2.00. The molecule has 0 spiro atoms. The molecule has 4 nitrogen and oxygen atoms in total. The Kier molecular flexibility index (Phi) is 5.06. The monoisotopic (exact) mass is 293 g/mol. The summed E-state index contributed by atoms with van der Waals surface area (Å²) in [6.45, 7) is 0. The van der Waals surface area contributed by atoms with Crippen molar-refractivity contribution in [1.29, 1.82) is 0 Å². The highest BCUT2D eigenvalue weighted by atomic mass is 32.2. The summed E-state index contributed by atoms with van der Waals surface area (Å²) in [4.78, 5) is 24.6. The average Bonchev–Trinajstić information content (AvgIpc) is 2.47. The lowest BCUT2D eigenvalue weighted by Gasteiger charge is -2.27. The third kappa shape index (κ3) is 3.54. The van der Waals surface area contributed by atoms with Crippen molar-refractivity contribution in [3.8, 4) is 0 Å². The Morgan fingerprint density at radius 1 is 1.25 bits per heavy atom. The number of carbonyl (C=O) groups excluding carboxylic acids is 1. The zero-order valence-electron chi connectivity index (χ0n) is 11.5. The minimum Gasteiger partial charge on any atom is -0.481 e. The Labute approximate surface area is 123 Å².